The van der Waals surface area contributed by atoms with Crippen molar-refractivity contribution < 1.29 is 8.42 Å². The van der Waals surface area contributed by atoms with Crippen LogP contribution in [0.2, 0.25) is 0 Å². The van der Waals surface area contributed by atoms with Gasteiger partial charge in [0.15, 0.2) is 0 Å². The highest BCUT2D eigenvalue weighted by Gasteiger charge is 2.28. The van der Waals surface area contributed by atoms with Gasteiger partial charge in [0.25, 0.3) is 0 Å². The minimum absolute atomic E-state index is 0.248. The van der Waals surface area contributed by atoms with Gasteiger partial charge in [-0.1, -0.05) is 30.3 Å². The summed E-state index contributed by atoms with van der Waals surface area (Å²) in [5.41, 5.74) is 5.73. The molecule has 0 amide bonds. The number of nitrogens with one attached hydrogen (secondary N) is 1. The zero-order chi connectivity index (χ0) is 19.6. The molecule has 7 nitrogen and oxygen atoms in total. The summed E-state index contributed by atoms with van der Waals surface area (Å²) in [6, 6.07) is 13.7. The quantitative estimate of drug-likeness (QED) is 0.821. The zero-order valence-corrected chi connectivity index (χ0v) is 16.8. The standard InChI is InChI=1S/C20H25N5O2S/c1-23-9-11-24(12-10-23)28(26,27)19-7-8-20(21-15-19)25-16-18(14-22-25)13-17-5-3-2-4-6-17/h2-8,14-15,22H,9-13,16H2,1H3. The Balaban J connectivity index is 1.40. The minimum atomic E-state index is -3.48. The summed E-state index contributed by atoms with van der Waals surface area (Å²) in [5, 5.41) is 1.92. The lowest BCUT2D eigenvalue weighted by Crippen LogP contribution is -2.47. The summed E-state index contributed by atoms with van der Waals surface area (Å²) in [4.78, 5) is 6.77. The number of hydrazine groups is 1. The molecule has 2 aromatic rings. The molecule has 0 radical (unpaired) electrons. The lowest BCUT2D eigenvalue weighted by molar-refractivity contribution is 0.222. The molecule has 3 heterocycles. The molecule has 148 valence electrons. The number of hydrogen-bond acceptors (Lipinski definition) is 6. The summed E-state index contributed by atoms with van der Waals surface area (Å²) < 4.78 is 27.2. The number of aromatic nitrogens is 1. The molecule has 1 N–H and O–H groups in total. The molecule has 0 bridgehead atoms. The van der Waals surface area contributed by atoms with Crippen molar-refractivity contribution >= 4 is 15.8 Å². The number of nitrogens with zero attached hydrogens (tertiary/aromatic N) is 4. The molecule has 4 rings (SSSR count). The molecular weight excluding hydrogens is 374 g/mol. The monoisotopic (exact) mass is 399 g/mol. The van der Waals surface area contributed by atoms with Crippen LogP contribution < -0.4 is 10.4 Å². The van der Waals surface area contributed by atoms with Crippen molar-refractivity contribution in [3.63, 3.8) is 0 Å². The molecule has 0 aliphatic carbocycles. The molecule has 8 heteroatoms. The van der Waals surface area contributed by atoms with E-state index in [1.54, 1.807) is 12.1 Å². The van der Waals surface area contributed by atoms with E-state index >= 15 is 0 Å². The Kier molecular flexibility index (Phi) is 5.34. The number of sulfonamides is 1. The average Bonchev–Trinajstić information content (AvgIpc) is 3.18. The Morgan fingerprint density at radius 3 is 2.46 bits per heavy atom. The van der Waals surface area contributed by atoms with E-state index in [0.29, 0.717) is 25.5 Å². The van der Waals surface area contributed by atoms with Gasteiger partial charge in [0.05, 0.1) is 6.54 Å². The molecule has 1 fully saturated rings. The second kappa shape index (κ2) is 7.90. The first-order valence-corrected chi connectivity index (χ1v) is 10.9. The summed E-state index contributed by atoms with van der Waals surface area (Å²) in [6.45, 7) is 3.24. The van der Waals surface area contributed by atoms with E-state index in [-0.39, 0.29) is 4.90 Å². The number of anilines is 1. The zero-order valence-electron chi connectivity index (χ0n) is 16.0. The van der Waals surface area contributed by atoms with E-state index < -0.39 is 10.0 Å². The van der Waals surface area contributed by atoms with Crippen LogP contribution in [0.15, 0.2) is 65.3 Å². The predicted molar refractivity (Wildman–Crippen MR) is 109 cm³/mol. The van der Waals surface area contributed by atoms with Gasteiger partial charge in [0.2, 0.25) is 10.0 Å². The Hall–Kier alpha value is -2.42. The van der Waals surface area contributed by atoms with Gasteiger partial charge < -0.3 is 10.3 Å². The van der Waals surface area contributed by atoms with Crippen molar-refractivity contribution in [3.05, 3.63) is 66.0 Å². The third-order valence-corrected chi connectivity index (χ3v) is 7.04. The van der Waals surface area contributed by atoms with Crippen molar-refractivity contribution in [2.24, 2.45) is 0 Å². The second-order valence-electron chi connectivity index (χ2n) is 7.24. The number of benzene rings is 1. The molecule has 1 saturated heterocycles. The molecule has 28 heavy (non-hydrogen) atoms. The van der Waals surface area contributed by atoms with Crippen LogP contribution in [0.4, 0.5) is 5.82 Å². The van der Waals surface area contributed by atoms with Gasteiger partial charge in [-0.15, -0.1) is 0 Å². The maximum absolute atomic E-state index is 12.8. The maximum Gasteiger partial charge on any atom is 0.244 e. The highest BCUT2D eigenvalue weighted by molar-refractivity contribution is 7.89. The third-order valence-electron chi connectivity index (χ3n) is 5.16. The van der Waals surface area contributed by atoms with Crippen LogP contribution in [-0.2, 0) is 16.4 Å². The smallest absolute Gasteiger partial charge is 0.244 e. The van der Waals surface area contributed by atoms with E-state index in [0.717, 1.165) is 19.5 Å². The summed E-state index contributed by atoms with van der Waals surface area (Å²) in [6.07, 6.45) is 4.32. The van der Waals surface area contributed by atoms with Gasteiger partial charge in [-0.2, -0.15) is 4.31 Å². The summed E-state index contributed by atoms with van der Waals surface area (Å²) in [5.74, 6) is 0.705. The van der Waals surface area contributed by atoms with E-state index in [1.807, 2.05) is 36.5 Å². The Labute approximate surface area is 166 Å². The fraction of sp³-hybridized carbons (Fsp3) is 0.350. The number of pyridine rings is 1. The molecule has 2 aliphatic rings. The average molecular weight is 400 g/mol. The van der Waals surface area contributed by atoms with E-state index in [9.17, 15) is 8.42 Å². The van der Waals surface area contributed by atoms with Gasteiger partial charge in [0, 0.05) is 38.6 Å². The Morgan fingerprint density at radius 2 is 1.79 bits per heavy atom. The van der Waals surface area contributed by atoms with Gasteiger partial charge in [-0.25, -0.2) is 13.4 Å². The molecular formula is C20H25N5O2S. The van der Waals surface area contributed by atoms with E-state index in [2.05, 4.69) is 27.4 Å². The molecule has 1 aromatic heterocycles. The Bertz CT molecular complexity index is 936. The van der Waals surface area contributed by atoms with Gasteiger partial charge in [-0.05, 0) is 36.7 Å². The lowest BCUT2D eigenvalue weighted by atomic mass is 10.1. The molecule has 0 saturated carbocycles. The van der Waals surface area contributed by atoms with Crippen molar-refractivity contribution in [2.75, 3.05) is 44.8 Å². The first-order valence-electron chi connectivity index (χ1n) is 9.43. The van der Waals surface area contributed by atoms with Crippen molar-refractivity contribution in [2.45, 2.75) is 11.3 Å². The Morgan fingerprint density at radius 1 is 1.04 bits per heavy atom. The summed E-state index contributed by atoms with van der Waals surface area (Å²) in [7, 11) is -1.48. The number of piperazine rings is 1. The highest BCUT2D eigenvalue weighted by Crippen LogP contribution is 2.21. The highest BCUT2D eigenvalue weighted by atomic mass is 32.2. The number of hydrogen-bond donors (Lipinski definition) is 1. The topological polar surface area (TPSA) is 68.8 Å². The normalized spacial score (nSPS) is 18.8. The molecule has 2 aliphatic heterocycles. The van der Waals surface area contributed by atoms with E-state index in [4.69, 9.17) is 0 Å². The van der Waals surface area contributed by atoms with Crippen LogP contribution in [0.1, 0.15) is 5.56 Å². The molecule has 0 atom stereocenters. The third kappa shape index (κ3) is 4.04. The largest absolute Gasteiger partial charge is 0.304 e. The van der Waals surface area contributed by atoms with Gasteiger partial charge in [-0.3, -0.25) is 5.01 Å². The van der Waals surface area contributed by atoms with Crippen molar-refractivity contribution in [1.82, 2.24) is 19.6 Å². The van der Waals surface area contributed by atoms with Crippen LogP contribution in [0.5, 0.6) is 0 Å². The summed E-state index contributed by atoms with van der Waals surface area (Å²) >= 11 is 0. The first kappa shape index (κ1) is 18.9. The predicted octanol–water partition coefficient (Wildman–Crippen LogP) is 1.47. The number of rotatable bonds is 5. The first-order chi connectivity index (χ1) is 13.5. The van der Waals surface area contributed by atoms with Crippen LogP contribution >= 0.6 is 0 Å². The van der Waals surface area contributed by atoms with Crippen LogP contribution in [0.25, 0.3) is 0 Å². The van der Waals surface area contributed by atoms with Crippen molar-refractivity contribution in [1.29, 1.82) is 0 Å². The lowest BCUT2D eigenvalue weighted by Gasteiger charge is -2.31. The van der Waals surface area contributed by atoms with E-state index in [1.165, 1.54) is 21.6 Å². The second-order valence-corrected chi connectivity index (χ2v) is 9.18. The van der Waals surface area contributed by atoms with Crippen LogP contribution in [0, 0.1) is 0 Å². The fourth-order valence-electron chi connectivity index (χ4n) is 3.44. The van der Waals surface area contributed by atoms with Crippen LogP contribution in [0.3, 0.4) is 0 Å². The van der Waals surface area contributed by atoms with Gasteiger partial charge in [0.1, 0.15) is 10.7 Å². The minimum Gasteiger partial charge on any atom is -0.304 e. The fourth-order valence-corrected chi connectivity index (χ4v) is 4.81. The number of likely N-dealkylation sites (N-methyl/N-ethyl adjacent to an activating group) is 1. The molecule has 0 spiro atoms. The molecule has 0 unspecified atom stereocenters. The van der Waals surface area contributed by atoms with Crippen molar-refractivity contribution in [3.8, 4) is 0 Å². The van der Waals surface area contributed by atoms with Gasteiger partial charge >= 0.3 is 0 Å². The SMILES string of the molecule is CN1CCN(S(=O)(=O)c2ccc(N3CC(Cc4ccccc4)=CN3)nc2)CC1. The van der Waals surface area contributed by atoms with Crippen LogP contribution in [-0.4, -0.2) is 62.4 Å². The molecule has 1 aromatic carbocycles. The maximum atomic E-state index is 12.8.